The Balaban J connectivity index is 1.45. The molecule has 0 saturated carbocycles. The molecule has 0 radical (unpaired) electrons. The molecule has 2 aliphatic rings. The molecule has 1 aromatic heterocycles. The molecule has 0 aliphatic carbocycles. The first-order valence-corrected chi connectivity index (χ1v) is 9.52. The largest absolute Gasteiger partial charge is 0.454 e. The van der Waals surface area contributed by atoms with Gasteiger partial charge >= 0.3 is 0 Å². The lowest BCUT2D eigenvalue weighted by molar-refractivity contribution is -0.129. The molecule has 2 aliphatic heterocycles. The number of para-hydroxylation sites is 1. The van der Waals surface area contributed by atoms with E-state index >= 15 is 0 Å². The number of benzene rings is 1. The van der Waals surface area contributed by atoms with Gasteiger partial charge in [-0.2, -0.15) is 5.10 Å². The molecule has 1 amide bonds. The van der Waals surface area contributed by atoms with Crippen LogP contribution in [0.3, 0.4) is 0 Å². The van der Waals surface area contributed by atoms with Gasteiger partial charge in [0.15, 0.2) is 11.5 Å². The highest BCUT2D eigenvalue weighted by atomic mass is 16.7. The molecule has 1 saturated heterocycles. The van der Waals surface area contributed by atoms with Gasteiger partial charge in [-0.05, 0) is 6.07 Å². The number of nitrogens with zero attached hydrogens (tertiary/aromatic N) is 3. The first-order chi connectivity index (χ1) is 13.7. The van der Waals surface area contributed by atoms with Crippen LogP contribution in [0.15, 0.2) is 30.6 Å². The van der Waals surface area contributed by atoms with Gasteiger partial charge in [0, 0.05) is 63.5 Å². The summed E-state index contributed by atoms with van der Waals surface area (Å²) in [5, 5.41) is 7.80. The number of hydrogen-bond acceptors (Lipinski definition) is 6. The number of ether oxygens (including phenoxy) is 3. The summed E-state index contributed by atoms with van der Waals surface area (Å²) in [5.74, 6) is 1.93. The Hall–Kier alpha value is -2.58. The molecule has 1 N–H and O–H groups in total. The predicted octanol–water partition coefficient (Wildman–Crippen LogP) is 1.47. The number of aromatic nitrogens is 2. The second-order valence-electron chi connectivity index (χ2n) is 7.22. The van der Waals surface area contributed by atoms with Crippen molar-refractivity contribution in [2.75, 3.05) is 33.6 Å². The van der Waals surface area contributed by atoms with Crippen molar-refractivity contribution in [2.45, 2.75) is 19.0 Å². The zero-order valence-corrected chi connectivity index (χ0v) is 16.3. The van der Waals surface area contributed by atoms with Crippen molar-refractivity contribution in [1.82, 2.24) is 20.0 Å². The molecular formula is C20H26N4O4. The van der Waals surface area contributed by atoms with Crippen molar-refractivity contribution in [3.8, 4) is 11.5 Å². The lowest BCUT2D eigenvalue weighted by Gasteiger charge is -2.27. The maximum atomic E-state index is 12.6. The summed E-state index contributed by atoms with van der Waals surface area (Å²) >= 11 is 0. The first-order valence-electron chi connectivity index (χ1n) is 9.52. The van der Waals surface area contributed by atoms with Gasteiger partial charge in [-0.15, -0.1) is 0 Å². The highest BCUT2D eigenvalue weighted by molar-refractivity contribution is 5.79. The van der Waals surface area contributed by atoms with Crippen LogP contribution in [0.4, 0.5) is 0 Å². The Kier molecular flexibility index (Phi) is 5.50. The zero-order valence-electron chi connectivity index (χ0n) is 16.3. The second kappa shape index (κ2) is 8.20. The third-order valence-corrected chi connectivity index (χ3v) is 5.34. The predicted molar refractivity (Wildman–Crippen MR) is 102 cm³/mol. The number of fused-ring (bicyclic) bond motifs is 1. The molecule has 2 aromatic rings. The van der Waals surface area contributed by atoms with Crippen molar-refractivity contribution in [3.05, 3.63) is 41.7 Å². The Morgan fingerprint density at radius 1 is 1.36 bits per heavy atom. The van der Waals surface area contributed by atoms with Crippen LogP contribution >= 0.6 is 0 Å². The number of rotatable bonds is 8. The monoisotopic (exact) mass is 386 g/mol. The van der Waals surface area contributed by atoms with E-state index in [0.29, 0.717) is 26.1 Å². The molecule has 28 heavy (non-hydrogen) atoms. The zero-order chi connectivity index (χ0) is 19.5. The lowest BCUT2D eigenvalue weighted by atomic mass is 9.95. The number of carbonyl (C=O) groups is 1. The summed E-state index contributed by atoms with van der Waals surface area (Å²) in [5.41, 5.74) is 2.13. The molecule has 4 rings (SSSR count). The molecule has 1 aromatic carbocycles. The maximum absolute atomic E-state index is 12.6. The van der Waals surface area contributed by atoms with E-state index in [1.165, 1.54) is 0 Å². The fraction of sp³-hybridized carbons (Fsp3) is 0.500. The van der Waals surface area contributed by atoms with Crippen molar-refractivity contribution >= 4 is 5.91 Å². The normalized spacial score (nSPS) is 20.9. The number of amides is 1. The highest BCUT2D eigenvalue weighted by Crippen LogP contribution is 2.38. The van der Waals surface area contributed by atoms with Crippen LogP contribution in [-0.4, -0.2) is 54.2 Å². The maximum Gasteiger partial charge on any atom is 0.231 e. The minimum atomic E-state index is 0.00456. The molecule has 1 fully saturated rings. The molecule has 150 valence electrons. The fourth-order valence-corrected chi connectivity index (χ4v) is 4.07. The minimum absolute atomic E-state index is 0.00456. The summed E-state index contributed by atoms with van der Waals surface area (Å²) in [7, 11) is 3.55. The van der Waals surface area contributed by atoms with E-state index in [1.54, 1.807) is 11.8 Å². The average Bonchev–Trinajstić information content (AvgIpc) is 3.39. The molecule has 8 heteroatoms. The van der Waals surface area contributed by atoms with Crippen LogP contribution in [0.2, 0.25) is 0 Å². The van der Waals surface area contributed by atoms with Crippen LogP contribution in [0.25, 0.3) is 0 Å². The lowest BCUT2D eigenvalue weighted by Crippen LogP contribution is -2.33. The van der Waals surface area contributed by atoms with Gasteiger partial charge < -0.3 is 24.4 Å². The minimum Gasteiger partial charge on any atom is -0.454 e. The number of hydrogen-bond donors (Lipinski definition) is 1. The van der Waals surface area contributed by atoms with E-state index in [9.17, 15) is 4.79 Å². The standard InChI is InChI=1S/C20H26N4O4/c1-23-12-16(11-22-23)19-15(8-18(25)24(19)6-7-26-2)10-21-9-14-4-3-5-17-20(14)28-13-27-17/h3-5,11-12,15,19,21H,6-10,13H2,1-2H3/t15-,19+/m0/s1. The van der Waals surface area contributed by atoms with Crippen molar-refractivity contribution in [2.24, 2.45) is 13.0 Å². The van der Waals surface area contributed by atoms with Gasteiger partial charge in [0.25, 0.3) is 0 Å². The Morgan fingerprint density at radius 2 is 2.25 bits per heavy atom. The van der Waals surface area contributed by atoms with E-state index in [0.717, 1.165) is 29.2 Å². The molecule has 8 nitrogen and oxygen atoms in total. The van der Waals surface area contributed by atoms with Crippen molar-refractivity contribution in [1.29, 1.82) is 0 Å². The van der Waals surface area contributed by atoms with E-state index in [-0.39, 0.29) is 24.7 Å². The third-order valence-electron chi connectivity index (χ3n) is 5.34. The summed E-state index contributed by atoms with van der Waals surface area (Å²) in [6, 6.07) is 5.91. The molecule has 0 unspecified atom stereocenters. The molecule has 0 spiro atoms. The van der Waals surface area contributed by atoms with Crippen molar-refractivity contribution in [3.63, 3.8) is 0 Å². The first kappa shape index (κ1) is 18.8. The van der Waals surface area contributed by atoms with E-state index in [1.807, 2.05) is 42.5 Å². The van der Waals surface area contributed by atoms with Gasteiger partial charge in [-0.3, -0.25) is 9.48 Å². The number of carbonyl (C=O) groups excluding carboxylic acids is 1. The van der Waals surface area contributed by atoms with E-state index < -0.39 is 0 Å². The van der Waals surface area contributed by atoms with Crippen LogP contribution in [0.1, 0.15) is 23.6 Å². The van der Waals surface area contributed by atoms with Crippen LogP contribution in [0.5, 0.6) is 11.5 Å². The van der Waals surface area contributed by atoms with Gasteiger partial charge in [0.05, 0.1) is 18.8 Å². The average molecular weight is 386 g/mol. The summed E-state index contributed by atoms with van der Waals surface area (Å²) < 4.78 is 18.0. The second-order valence-corrected chi connectivity index (χ2v) is 7.22. The van der Waals surface area contributed by atoms with Gasteiger partial charge in [0.1, 0.15) is 0 Å². The van der Waals surface area contributed by atoms with Gasteiger partial charge in [-0.25, -0.2) is 0 Å². The van der Waals surface area contributed by atoms with Gasteiger partial charge in [0.2, 0.25) is 12.7 Å². The van der Waals surface area contributed by atoms with Crippen LogP contribution < -0.4 is 14.8 Å². The quantitative estimate of drug-likeness (QED) is 0.740. The van der Waals surface area contributed by atoms with Crippen LogP contribution in [-0.2, 0) is 23.1 Å². The summed E-state index contributed by atoms with van der Waals surface area (Å²) in [4.78, 5) is 14.6. The number of aryl methyl sites for hydroxylation is 1. The third kappa shape index (κ3) is 3.70. The Labute approximate surface area is 164 Å². The topological polar surface area (TPSA) is 77.8 Å². The molecule has 2 atom stereocenters. The summed E-state index contributed by atoms with van der Waals surface area (Å²) in [6.45, 7) is 2.76. The van der Waals surface area contributed by atoms with Crippen molar-refractivity contribution < 1.29 is 19.0 Å². The molecule has 0 bridgehead atoms. The number of likely N-dealkylation sites (tertiary alicyclic amines) is 1. The Morgan fingerprint density at radius 3 is 3.04 bits per heavy atom. The molecular weight excluding hydrogens is 360 g/mol. The fourth-order valence-electron chi connectivity index (χ4n) is 4.07. The van der Waals surface area contributed by atoms with Gasteiger partial charge in [-0.1, -0.05) is 12.1 Å². The Bertz CT molecular complexity index is 837. The number of methoxy groups -OCH3 is 1. The summed E-state index contributed by atoms with van der Waals surface area (Å²) in [6.07, 6.45) is 4.36. The highest BCUT2D eigenvalue weighted by Gasteiger charge is 2.40. The van der Waals surface area contributed by atoms with Crippen LogP contribution in [0, 0.1) is 5.92 Å². The smallest absolute Gasteiger partial charge is 0.231 e. The number of nitrogens with one attached hydrogen (secondary N) is 1. The van der Waals surface area contributed by atoms with E-state index in [4.69, 9.17) is 14.2 Å². The molecule has 3 heterocycles. The SMILES string of the molecule is COCCN1C(=O)C[C@@H](CNCc2cccc3c2OCO3)[C@@H]1c1cnn(C)c1. The van der Waals surface area contributed by atoms with E-state index in [2.05, 4.69) is 10.4 Å².